The lowest BCUT2D eigenvalue weighted by Gasteiger charge is -2.07. The number of pyridine rings is 1. The summed E-state index contributed by atoms with van der Waals surface area (Å²) in [6.07, 6.45) is 1.82. The highest BCUT2D eigenvalue weighted by Gasteiger charge is 2.03. The van der Waals surface area contributed by atoms with E-state index in [2.05, 4.69) is 37.3 Å². The van der Waals surface area contributed by atoms with Crippen LogP contribution in [0.25, 0.3) is 11.0 Å². The van der Waals surface area contributed by atoms with Crippen molar-refractivity contribution in [2.75, 3.05) is 5.32 Å². The fourth-order valence-electron chi connectivity index (χ4n) is 1.98. The summed E-state index contributed by atoms with van der Waals surface area (Å²) in [5, 5.41) is 3.29. The molecule has 1 aromatic carbocycles. The van der Waals surface area contributed by atoms with Gasteiger partial charge in [-0.2, -0.15) is 0 Å². The number of aryl methyl sites for hydroxylation is 2. The molecule has 0 saturated heterocycles. The number of benzene rings is 1. The maximum absolute atomic E-state index is 4.47. The first-order valence-electron chi connectivity index (χ1n) is 5.95. The van der Waals surface area contributed by atoms with Crippen molar-refractivity contribution in [3.8, 4) is 0 Å². The first-order chi connectivity index (χ1) is 9.13. The van der Waals surface area contributed by atoms with Crippen LogP contribution in [0.4, 0.5) is 11.5 Å². The van der Waals surface area contributed by atoms with Gasteiger partial charge in [0.25, 0.3) is 0 Å². The van der Waals surface area contributed by atoms with Gasteiger partial charge in [0.05, 0.1) is 23.1 Å². The highest BCUT2D eigenvalue weighted by atomic mass is 79.9. The number of hydrogen-bond donors (Lipinski definition) is 1. The quantitative estimate of drug-likeness (QED) is 0.782. The van der Waals surface area contributed by atoms with Crippen molar-refractivity contribution >= 4 is 38.5 Å². The maximum atomic E-state index is 4.47. The molecule has 0 fully saturated rings. The molecule has 0 aliphatic carbocycles. The van der Waals surface area contributed by atoms with Gasteiger partial charge in [0.15, 0.2) is 0 Å². The van der Waals surface area contributed by atoms with E-state index >= 15 is 0 Å². The second kappa shape index (κ2) is 4.66. The largest absolute Gasteiger partial charge is 0.340 e. The van der Waals surface area contributed by atoms with E-state index in [-0.39, 0.29) is 0 Å². The Hall–Kier alpha value is -1.88. The van der Waals surface area contributed by atoms with Crippen LogP contribution in [-0.4, -0.2) is 14.5 Å². The van der Waals surface area contributed by atoms with E-state index in [4.69, 9.17) is 0 Å². The number of nitrogens with one attached hydrogen (secondary N) is 1. The number of nitrogens with zero attached hydrogens (tertiary/aromatic N) is 3. The van der Waals surface area contributed by atoms with Crippen molar-refractivity contribution < 1.29 is 0 Å². The van der Waals surface area contributed by atoms with Crippen LogP contribution in [0.1, 0.15) is 5.69 Å². The number of anilines is 2. The topological polar surface area (TPSA) is 42.7 Å². The Balaban J connectivity index is 1.94. The molecule has 4 nitrogen and oxygen atoms in total. The van der Waals surface area contributed by atoms with Crippen LogP contribution in [0.15, 0.2) is 41.1 Å². The summed E-state index contributed by atoms with van der Waals surface area (Å²) in [4.78, 5) is 8.82. The third-order valence-electron chi connectivity index (χ3n) is 3.02. The Morgan fingerprint density at radius 3 is 2.84 bits per heavy atom. The molecule has 0 unspecified atom stereocenters. The Morgan fingerprint density at radius 1 is 1.21 bits per heavy atom. The molecule has 0 atom stereocenters. The lowest BCUT2D eigenvalue weighted by Crippen LogP contribution is -1.95. The van der Waals surface area contributed by atoms with Crippen molar-refractivity contribution in [1.82, 2.24) is 14.5 Å². The number of rotatable bonds is 2. The molecular formula is C14H13BrN4. The summed E-state index contributed by atoms with van der Waals surface area (Å²) >= 11 is 3.45. The predicted molar refractivity (Wildman–Crippen MR) is 80.7 cm³/mol. The molecule has 2 aromatic heterocycles. The minimum absolute atomic E-state index is 0.830. The van der Waals surface area contributed by atoms with Crippen LogP contribution >= 0.6 is 15.9 Å². The number of halogens is 1. The minimum atomic E-state index is 0.830. The summed E-state index contributed by atoms with van der Waals surface area (Å²) in [6, 6.07) is 10.0. The zero-order valence-electron chi connectivity index (χ0n) is 10.7. The third kappa shape index (κ3) is 2.33. The molecule has 0 aliphatic rings. The summed E-state index contributed by atoms with van der Waals surface area (Å²) in [5.74, 6) is 0.830. The molecule has 19 heavy (non-hydrogen) atoms. The molecule has 1 N–H and O–H groups in total. The third-order valence-corrected chi connectivity index (χ3v) is 3.86. The Kier molecular flexibility index (Phi) is 2.98. The number of aromatic nitrogens is 3. The van der Waals surface area contributed by atoms with Crippen molar-refractivity contribution in [1.29, 1.82) is 0 Å². The first kappa shape index (κ1) is 12.2. The summed E-state index contributed by atoms with van der Waals surface area (Å²) in [5.41, 5.74) is 4.04. The maximum Gasteiger partial charge on any atom is 0.130 e. The van der Waals surface area contributed by atoms with Gasteiger partial charge in [-0.1, -0.05) is 0 Å². The van der Waals surface area contributed by atoms with Crippen molar-refractivity contribution in [2.45, 2.75) is 6.92 Å². The number of hydrogen-bond acceptors (Lipinski definition) is 3. The van der Waals surface area contributed by atoms with Crippen LogP contribution in [0.3, 0.4) is 0 Å². The van der Waals surface area contributed by atoms with E-state index in [1.807, 2.05) is 49.1 Å². The van der Waals surface area contributed by atoms with Crippen LogP contribution in [0, 0.1) is 6.92 Å². The number of fused-ring (bicyclic) bond motifs is 1. The van der Waals surface area contributed by atoms with Crippen molar-refractivity contribution in [2.24, 2.45) is 7.05 Å². The van der Waals surface area contributed by atoms with Gasteiger partial charge in [0.1, 0.15) is 5.82 Å². The minimum Gasteiger partial charge on any atom is -0.340 e. The molecule has 0 radical (unpaired) electrons. The number of imidazole rings is 1. The molecule has 0 amide bonds. The van der Waals surface area contributed by atoms with E-state index in [1.54, 1.807) is 0 Å². The molecule has 0 spiro atoms. The fourth-order valence-corrected chi connectivity index (χ4v) is 2.20. The Morgan fingerprint density at radius 2 is 2.05 bits per heavy atom. The molecule has 96 valence electrons. The van der Waals surface area contributed by atoms with Crippen LogP contribution in [0.5, 0.6) is 0 Å². The van der Waals surface area contributed by atoms with E-state index in [1.165, 1.54) is 0 Å². The molecule has 0 bridgehead atoms. The van der Waals surface area contributed by atoms with Gasteiger partial charge in [0.2, 0.25) is 0 Å². The van der Waals surface area contributed by atoms with E-state index in [9.17, 15) is 0 Å². The zero-order chi connectivity index (χ0) is 13.4. The molecule has 5 heteroatoms. The fraction of sp³-hybridized carbons (Fsp3) is 0.143. The van der Waals surface area contributed by atoms with Crippen molar-refractivity contribution in [3.63, 3.8) is 0 Å². The first-order valence-corrected chi connectivity index (χ1v) is 6.74. The highest BCUT2D eigenvalue weighted by Crippen LogP contribution is 2.22. The molecule has 0 saturated carbocycles. The second-order valence-electron chi connectivity index (χ2n) is 4.45. The van der Waals surface area contributed by atoms with Gasteiger partial charge in [0, 0.05) is 17.2 Å². The molecule has 3 aromatic rings. The molecule has 0 aliphatic heterocycles. The average Bonchev–Trinajstić information content (AvgIpc) is 2.75. The van der Waals surface area contributed by atoms with Gasteiger partial charge >= 0.3 is 0 Å². The monoisotopic (exact) mass is 316 g/mol. The van der Waals surface area contributed by atoms with Crippen LogP contribution in [-0.2, 0) is 7.05 Å². The average molecular weight is 317 g/mol. The second-order valence-corrected chi connectivity index (χ2v) is 5.30. The van der Waals surface area contributed by atoms with Gasteiger partial charge in [-0.05, 0) is 53.2 Å². The normalized spacial score (nSPS) is 10.9. The zero-order valence-corrected chi connectivity index (χ0v) is 12.3. The van der Waals surface area contributed by atoms with Crippen molar-refractivity contribution in [3.05, 3.63) is 46.8 Å². The highest BCUT2D eigenvalue weighted by molar-refractivity contribution is 9.10. The van der Waals surface area contributed by atoms with E-state index in [0.717, 1.165) is 32.7 Å². The Bertz CT molecular complexity index is 748. The summed E-state index contributed by atoms with van der Waals surface area (Å²) in [7, 11) is 1.99. The molecular weight excluding hydrogens is 304 g/mol. The predicted octanol–water partition coefficient (Wildman–Crippen LogP) is 3.78. The van der Waals surface area contributed by atoms with E-state index in [0.29, 0.717) is 0 Å². The summed E-state index contributed by atoms with van der Waals surface area (Å²) in [6.45, 7) is 1.97. The molecule has 2 heterocycles. The van der Waals surface area contributed by atoms with Gasteiger partial charge in [-0.25, -0.2) is 9.97 Å². The van der Waals surface area contributed by atoms with Crippen LogP contribution in [0.2, 0.25) is 0 Å². The molecule has 3 rings (SSSR count). The van der Waals surface area contributed by atoms with Gasteiger partial charge in [-0.3, -0.25) is 0 Å². The lowest BCUT2D eigenvalue weighted by molar-refractivity contribution is 0.948. The van der Waals surface area contributed by atoms with Crippen LogP contribution < -0.4 is 5.32 Å². The van der Waals surface area contributed by atoms with Gasteiger partial charge in [-0.15, -0.1) is 0 Å². The Labute approximate surface area is 119 Å². The smallest absolute Gasteiger partial charge is 0.130 e. The standard InChI is InChI=1S/C14H13BrN4/c1-9-11(15)4-6-14(17-9)18-10-3-5-13-12(7-10)16-8-19(13)2/h3-8H,1-2H3,(H,17,18). The van der Waals surface area contributed by atoms with Gasteiger partial charge < -0.3 is 9.88 Å². The lowest BCUT2D eigenvalue weighted by atomic mass is 10.2. The van der Waals surface area contributed by atoms with E-state index < -0.39 is 0 Å². The SMILES string of the molecule is Cc1nc(Nc2ccc3c(c2)ncn3C)ccc1Br. The summed E-state index contributed by atoms with van der Waals surface area (Å²) < 4.78 is 3.01.